The molecule has 1 aliphatic heterocycles. The van der Waals surface area contributed by atoms with E-state index in [9.17, 15) is 0 Å². The van der Waals surface area contributed by atoms with Crippen LogP contribution in [0.5, 0.6) is 0 Å². The van der Waals surface area contributed by atoms with Crippen molar-refractivity contribution in [3.63, 3.8) is 0 Å². The van der Waals surface area contributed by atoms with Crippen molar-refractivity contribution >= 4 is 23.4 Å². The predicted octanol–water partition coefficient (Wildman–Crippen LogP) is 6.95. The third-order valence-corrected chi connectivity index (χ3v) is 7.31. The molecule has 1 fully saturated rings. The van der Waals surface area contributed by atoms with Gasteiger partial charge in [-0.15, -0.1) is 0 Å². The number of hydrogen-bond acceptors (Lipinski definition) is 2. The van der Waals surface area contributed by atoms with Gasteiger partial charge in [0.05, 0.1) is 11.2 Å². The van der Waals surface area contributed by atoms with E-state index in [0.29, 0.717) is 0 Å². The Kier molecular flexibility index (Phi) is 7.59. The standard InChI is InChI=1S/C28H43BO2/c1-9-13-21-22(14-10-2)24(16-12-4)26-19-20(17-18-25(26)23(21)15-11-3)29-30-27(5,6)28(7,8)31-29/h17-19H,9-16H2,1-8H3. The fraction of sp³-hybridized carbons (Fsp3) is 0.643. The van der Waals surface area contributed by atoms with Crippen LogP contribution in [0.3, 0.4) is 0 Å². The minimum Gasteiger partial charge on any atom is -0.399 e. The Morgan fingerprint density at radius 3 is 1.48 bits per heavy atom. The monoisotopic (exact) mass is 422 g/mol. The van der Waals surface area contributed by atoms with Crippen LogP contribution in [0.2, 0.25) is 0 Å². The van der Waals surface area contributed by atoms with Crippen molar-refractivity contribution in [3.05, 3.63) is 40.5 Å². The molecule has 2 aromatic rings. The molecule has 1 aliphatic rings. The largest absolute Gasteiger partial charge is 0.494 e. The Hall–Kier alpha value is -1.32. The Balaban J connectivity index is 2.24. The van der Waals surface area contributed by atoms with Crippen LogP contribution in [-0.2, 0) is 35.0 Å². The Labute approximate surface area is 191 Å². The highest BCUT2D eigenvalue weighted by Gasteiger charge is 2.51. The smallest absolute Gasteiger partial charge is 0.399 e. The normalized spacial score (nSPS) is 17.6. The zero-order valence-corrected chi connectivity index (χ0v) is 21.3. The van der Waals surface area contributed by atoms with E-state index in [0.717, 1.165) is 18.3 Å². The highest BCUT2D eigenvalue weighted by atomic mass is 16.7. The van der Waals surface area contributed by atoms with E-state index < -0.39 is 0 Å². The Bertz CT molecular complexity index is 897. The molecule has 1 saturated heterocycles. The molecule has 0 bridgehead atoms. The summed E-state index contributed by atoms with van der Waals surface area (Å²) in [6.07, 6.45) is 9.42. The maximum Gasteiger partial charge on any atom is 0.494 e. The van der Waals surface area contributed by atoms with Crippen LogP contribution >= 0.6 is 0 Å². The molecule has 2 nitrogen and oxygen atoms in total. The molecule has 0 unspecified atom stereocenters. The summed E-state index contributed by atoms with van der Waals surface area (Å²) in [4.78, 5) is 0. The first-order valence-corrected chi connectivity index (χ1v) is 12.6. The van der Waals surface area contributed by atoms with Crippen molar-refractivity contribution in [1.82, 2.24) is 0 Å². The van der Waals surface area contributed by atoms with Gasteiger partial charge in [0, 0.05) is 0 Å². The molecule has 0 spiro atoms. The lowest BCUT2D eigenvalue weighted by Gasteiger charge is -2.32. The Morgan fingerprint density at radius 2 is 1.03 bits per heavy atom. The topological polar surface area (TPSA) is 18.5 Å². The van der Waals surface area contributed by atoms with Gasteiger partial charge in [0.25, 0.3) is 0 Å². The first-order valence-electron chi connectivity index (χ1n) is 12.6. The SMILES string of the molecule is CCCc1c(CCC)c(CCC)c2cc(B3OC(C)(C)C(C)(C)O3)ccc2c1CCC. The minimum atomic E-state index is -0.315. The summed E-state index contributed by atoms with van der Waals surface area (Å²) >= 11 is 0. The highest BCUT2D eigenvalue weighted by molar-refractivity contribution is 6.62. The van der Waals surface area contributed by atoms with Crippen molar-refractivity contribution < 1.29 is 9.31 Å². The van der Waals surface area contributed by atoms with Crippen molar-refractivity contribution in [1.29, 1.82) is 0 Å². The summed E-state index contributed by atoms with van der Waals surface area (Å²) in [6, 6.07) is 6.99. The summed E-state index contributed by atoms with van der Waals surface area (Å²) in [5, 5.41) is 2.88. The van der Waals surface area contributed by atoms with Crippen LogP contribution in [0, 0.1) is 0 Å². The van der Waals surface area contributed by atoms with E-state index in [1.54, 1.807) is 22.3 Å². The van der Waals surface area contributed by atoms with E-state index in [-0.39, 0.29) is 18.3 Å². The van der Waals surface area contributed by atoms with Crippen LogP contribution < -0.4 is 5.46 Å². The quantitative estimate of drug-likeness (QED) is 0.407. The number of fused-ring (bicyclic) bond motifs is 1. The molecule has 31 heavy (non-hydrogen) atoms. The van der Waals surface area contributed by atoms with Crippen molar-refractivity contribution in [2.45, 2.75) is 118 Å². The Morgan fingerprint density at radius 1 is 0.613 bits per heavy atom. The van der Waals surface area contributed by atoms with Gasteiger partial charge >= 0.3 is 7.12 Å². The molecule has 2 aromatic carbocycles. The first-order chi connectivity index (χ1) is 14.7. The molecule has 0 radical (unpaired) electrons. The lowest BCUT2D eigenvalue weighted by molar-refractivity contribution is 0.00578. The van der Waals surface area contributed by atoms with Crippen molar-refractivity contribution in [2.24, 2.45) is 0 Å². The second-order valence-electron chi connectivity index (χ2n) is 10.3. The minimum absolute atomic E-state index is 0.302. The van der Waals surface area contributed by atoms with Crippen molar-refractivity contribution in [3.8, 4) is 0 Å². The van der Waals surface area contributed by atoms with Gasteiger partial charge in [-0.25, -0.2) is 0 Å². The van der Waals surface area contributed by atoms with Gasteiger partial charge in [-0.1, -0.05) is 71.6 Å². The van der Waals surface area contributed by atoms with E-state index in [1.807, 2.05) is 0 Å². The molecule has 3 rings (SSSR count). The average molecular weight is 422 g/mol. The number of rotatable bonds is 9. The molecule has 170 valence electrons. The van der Waals surface area contributed by atoms with Gasteiger partial charge in [-0.3, -0.25) is 0 Å². The zero-order chi connectivity index (χ0) is 22.8. The second-order valence-corrected chi connectivity index (χ2v) is 10.3. The maximum atomic E-state index is 6.39. The molecule has 0 atom stereocenters. The lowest BCUT2D eigenvalue weighted by Crippen LogP contribution is -2.41. The van der Waals surface area contributed by atoms with Crippen LogP contribution in [0.25, 0.3) is 10.8 Å². The number of hydrogen-bond donors (Lipinski definition) is 0. The third kappa shape index (κ3) is 4.59. The number of aryl methyl sites for hydroxylation is 2. The van der Waals surface area contributed by atoms with Crippen LogP contribution in [0.1, 0.15) is 103 Å². The van der Waals surface area contributed by atoms with E-state index in [1.165, 1.54) is 49.3 Å². The summed E-state index contributed by atoms with van der Waals surface area (Å²) in [6.45, 7) is 17.8. The van der Waals surface area contributed by atoms with Crippen LogP contribution in [0.4, 0.5) is 0 Å². The summed E-state index contributed by atoms with van der Waals surface area (Å²) in [7, 11) is -0.302. The van der Waals surface area contributed by atoms with Gasteiger partial charge < -0.3 is 9.31 Å². The zero-order valence-electron chi connectivity index (χ0n) is 21.3. The second kappa shape index (κ2) is 9.67. The average Bonchev–Trinajstić information content (AvgIpc) is 2.94. The predicted molar refractivity (Wildman–Crippen MR) is 136 cm³/mol. The summed E-state index contributed by atoms with van der Waals surface area (Å²) in [5.41, 5.74) is 6.95. The number of benzene rings is 2. The fourth-order valence-corrected chi connectivity index (χ4v) is 5.06. The van der Waals surface area contributed by atoms with E-state index >= 15 is 0 Å². The summed E-state index contributed by atoms with van der Waals surface area (Å²) < 4.78 is 12.8. The van der Waals surface area contributed by atoms with Gasteiger partial charge in [0.2, 0.25) is 0 Å². The molecule has 0 aromatic heterocycles. The van der Waals surface area contributed by atoms with Gasteiger partial charge in [-0.05, 0) is 91.9 Å². The lowest BCUT2D eigenvalue weighted by atomic mass is 9.75. The third-order valence-electron chi connectivity index (χ3n) is 7.31. The maximum absolute atomic E-state index is 6.39. The molecular weight excluding hydrogens is 379 g/mol. The van der Waals surface area contributed by atoms with Crippen molar-refractivity contribution in [2.75, 3.05) is 0 Å². The highest BCUT2D eigenvalue weighted by Crippen LogP contribution is 2.38. The fourth-order valence-electron chi connectivity index (χ4n) is 5.06. The van der Waals surface area contributed by atoms with E-state index in [4.69, 9.17) is 9.31 Å². The molecule has 1 heterocycles. The molecule has 0 N–H and O–H groups in total. The molecule has 3 heteroatoms. The molecular formula is C28H43BO2. The first kappa shape index (κ1) is 24.3. The molecule has 0 aliphatic carbocycles. The van der Waals surface area contributed by atoms with Gasteiger partial charge in [-0.2, -0.15) is 0 Å². The molecule has 0 saturated carbocycles. The van der Waals surface area contributed by atoms with E-state index in [2.05, 4.69) is 73.6 Å². The molecule has 0 amide bonds. The van der Waals surface area contributed by atoms with Gasteiger partial charge in [0.15, 0.2) is 0 Å². The van der Waals surface area contributed by atoms with Gasteiger partial charge in [0.1, 0.15) is 0 Å². The van der Waals surface area contributed by atoms with Crippen LogP contribution in [-0.4, -0.2) is 18.3 Å². The van der Waals surface area contributed by atoms with Crippen LogP contribution in [0.15, 0.2) is 18.2 Å². The summed E-state index contributed by atoms with van der Waals surface area (Å²) in [5.74, 6) is 0.